The number of hydrogen-bond acceptors (Lipinski definition) is 2. The molecule has 0 aliphatic rings. The highest BCUT2D eigenvalue weighted by Gasteiger charge is 2.17. The predicted molar refractivity (Wildman–Crippen MR) is 92.0 cm³/mol. The highest BCUT2D eigenvalue weighted by atomic mass is 16.5. The molecule has 122 valence electrons. The van der Waals surface area contributed by atoms with Gasteiger partial charge in [-0.3, -0.25) is 4.79 Å². The van der Waals surface area contributed by atoms with Crippen molar-refractivity contribution in [2.45, 2.75) is 38.5 Å². The molecule has 23 heavy (non-hydrogen) atoms. The second-order valence-electron chi connectivity index (χ2n) is 5.69. The molecule has 1 N–H and O–H groups in total. The van der Waals surface area contributed by atoms with Gasteiger partial charge in [0.25, 0.3) is 0 Å². The molecule has 3 heteroatoms. The summed E-state index contributed by atoms with van der Waals surface area (Å²) in [7, 11) is 0. The van der Waals surface area contributed by atoms with Crippen LogP contribution in [0, 0.1) is 0 Å². The molecule has 0 radical (unpaired) electrons. The van der Waals surface area contributed by atoms with Crippen molar-refractivity contribution in [1.82, 2.24) is 0 Å². The Morgan fingerprint density at radius 3 is 2.26 bits per heavy atom. The van der Waals surface area contributed by atoms with Gasteiger partial charge in [-0.1, -0.05) is 62.2 Å². The van der Waals surface area contributed by atoms with Crippen LogP contribution in [0.4, 0.5) is 0 Å². The number of unbranched alkanes of at least 4 members (excludes halogenated alkanes) is 2. The lowest BCUT2D eigenvalue weighted by atomic mass is 9.88. The fraction of sp³-hybridized carbons (Fsp3) is 0.350. The number of carbonyl (C=O) groups is 1. The minimum Gasteiger partial charge on any atom is -0.494 e. The number of hydrogen-bond donors (Lipinski definition) is 1. The normalized spacial score (nSPS) is 11.9. The second-order valence-corrected chi connectivity index (χ2v) is 5.69. The molecule has 2 aromatic carbocycles. The lowest BCUT2D eigenvalue weighted by Gasteiger charge is -2.16. The van der Waals surface area contributed by atoms with E-state index >= 15 is 0 Å². The number of benzene rings is 2. The monoisotopic (exact) mass is 312 g/mol. The molecule has 0 unspecified atom stereocenters. The van der Waals surface area contributed by atoms with E-state index in [1.54, 1.807) is 0 Å². The van der Waals surface area contributed by atoms with Gasteiger partial charge < -0.3 is 9.84 Å². The van der Waals surface area contributed by atoms with Crippen molar-refractivity contribution in [3.8, 4) is 5.75 Å². The van der Waals surface area contributed by atoms with E-state index in [2.05, 4.69) is 6.92 Å². The van der Waals surface area contributed by atoms with Crippen LogP contribution in [0.15, 0.2) is 54.6 Å². The molecule has 3 nitrogen and oxygen atoms in total. The quantitative estimate of drug-likeness (QED) is 0.672. The third kappa shape index (κ3) is 5.44. The Kier molecular flexibility index (Phi) is 6.67. The molecule has 2 aromatic rings. The van der Waals surface area contributed by atoms with Gasteiger partial charge >= 0.3 is 5.97 Å². The largest absolute Gasteiger partial charge is 0.494 e. The lowest BCUT2D eigenvalue weighted by molar-refractivity contribution is -0.137. The van der Waals surface area contributed by atoms with Crippen LogP contribution in [-0.2, 0) is 4.79 Å². The third-order valence-electron chi connectivity index (χ3n) is 3.88. The van der Waals surface area contributed by atoms with Gasteiger partial charge in [-0.05, 0) is 29.7 Å². The Balaban J connectivity index is 2.08. The maximum atomic E-state index is 11.2. The average molecular weight is 312 g/mol. The van der Waals surface area contributed by atoms with Gasteiger partial charge in [0.2, 0.25) is 0 Å². The van der Waals surface area contributed by atoms with Crippen LogP contribution in [0.5, 0.6) is 5.75 Å². The molecule has 0 heterocycles. The Labute approximate surface area is 137 Å². The van der Waals surface area contributed by atoms with Crippen LogP contribution in [-0.4, -0.2) is 17.7 Å². The number of rotatable bonds is 9. The molecule has 0 bridgehead atoms. The highest BCUT2D eigenvalue weighted by Crippen LogP contribution is 2.29. The topological polar surface area (TPSA) is 46.5 Å². The van der Waals surface area contributed by atoms with Crippen LogP contribution in [0.3, 0.4) is 0 Å². The third-order valence-corrected chi connectivity index (χ3v) is 3.88. The van der Waals surface area contributed by atoms with E-state index in [1.807, 2.05) is 54.6 Å². The van der Waals surface area contributed by atoms with Gasteiger partial charge in [-0.15, -0.1) is 0 Å². The molecule has 0 aromatic heterocycles. The van der Waals surface area contributed by atoms with E-state index < -0.39 is 5.97 Å². The average Bonchev–Trinajstić information content (AvgIpc) is 2.58. The number of carboxylic acids is 1. The van der Waals surface area contributed by atoms with Crippen molar-refractivity contribution < 1.29 is 14.6 Å². The Morgan fingerprint density at radius 2 is 1.65 bits per heavy atom. The van der Waals surface area contributed by atoms with Crippen LogP contribution < -0.4 is 4.74 Å². The van der Waals surface area contributed by atoms with Crippen LogP contribution in [0.1, 0.15) is 49.7 Å². The number of aliphatic carboxylic acids is 1. The molecule has 0 saturated heterocycles. The summed E-state index contributed by atoms with van der Waals surface area (Å²) in [6.45, 7) is 2.89. The van der Waals surface area contributed by atoms with Crippen molar-refractivity contribution in [2.75, 3.05) is 6.61 Å². The first-order valence-electron chi connectivity index (χ1n) is 8.20. The molecular formula is C20H24O3. The van der Waals surface area contributed by atoms with Crippen molar-refractivity contribution >= 4 is 5.97 Å². The van der Waals surface area contributed by atoms with Crippen LogP contribution in [0.25, 0.3) is 0 Å². The Bertz CT molecular complexity index is 590. The summed E-state index contributed by atoms with van der Waals surface area (Å²) in [5.74, 6) is -0.0893. The fourth-order valence-corrected chi connectivity index (χ4v) is 2.63. The zero-order valence-electron chi connectivity index (χ0n) is 13.6. The first-order valence-corrected chi connectivity index (χ1v) is 8.20. The van der Waals surface area contributed by atoms with Crippen LogP contribution >= 0.6 is 0 Å². The summed E-state index contributed by atoms with van der Waals surface area (Å²) in [5.41, 5.74) is 2.02. The minimum absolute atomic E-state index is 0.0840. The molecule has 1 atom stereocenters. The molecule has 0 fully saturated rings. The first kappa shape index (κ1) is 17.1. The van der Waals surface area contributed by atoms with Gasteiger partial charge in [-0.25, -0.2) is 0 Å². The summed E-state index contributed by atoms with van der Waals surface area (Å²) < 4.78 is 5.71. The highest BCUT2D eigenvalue weighted by molar-refractivity contribution is 5.69. The first-order chi connectivity index (χ1) is 11.2. The Hall–Kier alpha value is -2.29. The molecule has 0 spiro atoms. The van der Waals surface area contributed by atoms with Crippen molar-refractivity contribution in [2.24, 2.45) is 0 Å². The van der Waals surface area contributed by atoms with Gasteiger partial charge in [0.1, 0.15) is 5.75 Å². The molecule has 0 amide bonds. The maximum absolute atomic E-state index is 11.2. The number of ether oxygens (including phenoxy) is 1. The fourth-order valence-electron chi connectivity index (χ4n) is 2.63. The van der Waals surface area contributed by atoms with Gasteiger partial charge in [-0.2, -0.15) is 0 Å². The van der Waals surface area contributed by atoms with Crippen molar-refractivity contribution in [3.63, 3.8) is 0 Å². The standard InChI is InChI=1S/C20H24O3/c1-2-3-7-14-23-18-12-10-17(11-13-18)19(15-20(21)22)16-8-5-4-6-9-16/h4-6,8-13,19H,2-3,7,14-15H2,1H3,(H,21,22)/t19-/m1/s1. The zero-order chi connectivity index (χ0) is 16.5. The van der Waals surface area contributed by atoms with E-state index in [9.17, 15) is 9.90 Å². The van der Waals surface area contributed by atoms with Crippen molar-refractivity contribution in [3.05, 3.63) is 65.7 Å². The van der Waals surface area contributed by atoms with E-state index in [-0.39, 0.29) is 12.3 Å². The predicted octanol–water partition coefficient (Wildman–Crippen LogP) is 4.86. The Morgan fingerprint density at radius 1 is 1.00 bits per heavy atom. The van der Waals surface area contributed by atoms with E-state index in [4.69, 9.17) is 4.74 Å². The lowest BCUT2D eigenvalue weighted by Crippen LogP contribution is -2.08. The van der Waals surface area contributed by atoms with Gasteiger partial charge in [0, 0.05) is 5.92 Å². The zero-order valence-corrected chi connectivity index (χ0v) is 13.6. The summed E-state index contributed by atoms with van der Waals surface area (Å²) in [4.78, 5) is 11.2. The smallest absolute Gasteiger partial charge is 0.304 e. The molecule has 0 saturated carbocycles. The summed E-state index contributed by atoms with van der Waals surface area (Å²) >= 11 is 0. The van der Waals surface area contributed by atoms with Crippen molar-refractivity contribution in [1.29, 1.82) is 0 Å². The molecule has 0 aliphatic carbocycles. The second kappa shape index (κ2) is 8.99. The molecular weight excluding hydrogens is 288 g/mol. The molecule has 2 rings (SSSR count). The van der Waals surface area contributed by atoms with Gasteiger partial charge in [0.05, 0.1) is 13.0 Å². The van der Waals surface area contributed by atoms with E-state index in [0.29, 0.717) is 0 Å². The summed E-state index contributed by atoms with van der Waals surface area (Å²) in [5, 5.41) is 9.20. The maximum Gasteiger partial charge on any atom is 0.304 e. The minimum atomic E-state index is -0.793. The number of carboxylic acid groups (broad SMARTS) is 1. The van der Waals surface area contributed by atoms with E-state index in [0.717, 1.165) is 29.9 Å². The van der Waals surface area contributed by atoms with E-state index in [1.165, 1.54) is 12.8 Å². The SMILES string of the molecule is CCCCCOc1ccc([C@H](CC(=O)O)c2ccccc2)cc1. The summed E-state index contributed by atoms with van der Waals surface area (Å²) in [6.07, 6.45) is 3.49. The summed E-state index contributed by atoms with van der Waals surface area (Å²) in [6, 6.07) is 17.6. The molecule has 0 aliphatic heterocycles. The van der Waals surface area contributed by atoms with Gasteiger partial charge in [0.15, 0.2) is 0 Å². The van der Waals surface area contributed by atoms with Crippen LogP contribution in [0.2, 0.25) is 0 Å².